The Hall–Kier alpha value is -2.30. The van der Waals surface area contributed by atoms with Crippen LogP contribution >= 0.6 is 0 Å². The first kappa shape index (κ1) is 14.6. The summed E-state index contributed by atoms with van der Waals surface area (Å²) in [5.41, 5.74) is 5.14. The highest BCUT2D eigenvalue weighted by molar-refractivity contribution is 5.95. The molecule has 1 aliphatic heterocycles. The van der Waals surface area contributed by atoms with Gasteiger partial charge in [-0.15, -0.1) is 0 Å². The van der Waals surface area contributed by atoms with E-state index in [1.807, 2.05) is 27.0 Å². The number of aromatic nitrogens is 2. The van der Waals surface area contributed by atoms with E-state index in [-0.39, 0.29) is 5.91 Å². The number of hydrogen-bond acceptors (Lipinski definition) is 3. The third-order valence-corrected chi connectivity index (χ3v) is 4.44. The number of hydrogen-bond donors (Lipinski definition) is 1. The molecule has 0 unspecified atom stereocenters. The van der Waals surface area contributed by atoms with E-state index in [0.717, 1.165) is 23.5 Å². The molecule has 0 saturated carbocycles. The normalized spacial score (nSPS) is 16.7. The number of fused-ring (bicyclic) bond motifs is 1. The summed E-state index contributed by atoms with van der Waals surface area (Å²) >= 11 is 0. The zero-order valence-electron chi connectivity index (χ0n) is 13.6. The van der Waals surface area contributed by atoms with Gasteiger partial charge >= 0.3 is 0 Å². The lowest BCUT2D eigenvalue weighted by molar-refractivity contribution is -0.115. The zero-order chi connectivity index (χ0) is 15.9. The Balaban J connectivity index is 1.75. The molecular weight excluding hydrogens is 276 g/mol. The minimum absolute atomic E-state index is 0.00255. The van der Waals surface area contributed by atoms with E-state index in [9.17, 15) is 4.79 Å². The molecule has 2 heterocycles. The smallest absolute Gasteiger partial charge is 0.244 e. The van der Waals surface area contributed by atoms with Crippen LogP contribution in [0.1, 0.15) is 23.9 Å². The minimum atomic E-state index is 0.00255. The lowest BCUT2D eigenvalue weighted by Crippen LogP contribution is -2.37. The summed E-state index contributed by atoms with van der Waals surface area (Å²) in [7, 11) is 1.89. The average molecular weight is 298 g/mol. The first-order chi connectivity index (χ1) is 10.5. The van der Waals surface area contributed by atoms with Gasteiger partial charge in [-0.3, -0.25) is 9.48 Å². The Labute approximate surface area is 130 Å². The van der Waals surface area contributed by atoms with Gasteiger partial charge in [-0.1, -0.05) is 18.2 Å². The van der Waals surface area contributed by atoms with Gasteiger partial charge in [0.05, 0.1) is 23.6 Å². The van der Waals surface area contributed by atoms with Gasteiger partial charge in [0.1, 0.15) is 0 Å². The second kappa shape index (κ2) is 5.48. The van der Waals surface area contributed by atoms with Gasteiger partial charge in [0.2, 0.25) is 5.91 Å². The van der Waals surface area contributed by atoms with Crippen LogP contribution in [0.4, 0.5) is 11.4 Å². The van der Waals surface area contributed by atoms with Crippen molar-refractivity contribution < 1.29 is 4.79 Å². The number of para-hydroxylation sites is 1. The number of amides is 1. The predicted octanol–water partition coefficient (Wildman–Crippen LogP) is 2.43. The van der Waals surface area contributed by atoms with Crippen LogP contribution in [0.25, 0.3) is 0 Å². The largest absolute Gasteiger partial charge is 0.359 e. The lowest BCUT2D eigenvalue weighted by atomic mass is 10.1. The van der Waals surface area contributed by atoms with Crippen molar-refractivity contribution in [1.82, 2.24) is 9.78 Å². The van der Waals surface area contributed by atoms with Crippen LogP contribution in [0, 0.1) is 13.8 Å². The first-order valence-electron chi connectivity index (χ1n) is 7.62. The monoisotopic (exact) mass is 298 g/mol. The SMILES string of the molecule is Cc1nn(C)c(C)c1NC(=O)CN1c2ccccc2C[C@H]1C. The van der Waals surface area contributed by atoms with Crippen LogP contribution < -0.4 is 10.2 Å². The number of nitrogens with zero attached hydrogens (tertiary/aromatic N) is 3. The lowest BCUT2D eigenvalue weighted by Gasteiger charge is -2.24. The number of anilines is 2. The fourth-order valence-corrected chi connectivity index (χ4v) is 3.16. The molecule has 1 N–H and O–H groups in total. The molecule has 1 amide bonds. The Kier molecular flexibility index (Phi) is 3.64. The molecule has 5 nitrogen and oxygen atoms in total. The number of aryl methyl sites for hydroxylation is 2. The van der Waals surface area contributed by atoms with Crippen molar-refractivity contribution >= 4 is 17.3 Å². The van der Waals surface area contributed by atoms with Gasteiger partial charge in [-0.25, -0.2) is 0 Å². The standard InChI is InChI=1S/C17H22N4O/c1-11-9-14-7-5-6-8-15(14)21(11)10-16(22)18-17-12(2)19-20(4)13(17)3/h5-8,11H,9-10H2,1-4H3,(H,18,22)/t11-/m1/s1. The van der Waals surface area contributed by atoms with E-state index < -0.39 is 0 Å². The van der Waals surface area contributed by atoms with Gasteiger partial charge < -0.3 is 10.2 Å². The van der Waals surface area contributed by atoms with Crippen molar-refractivity contribution in [2.24, 2.45) is 7.05 Å². The molecule has 1 aromatic carbocycles. The second-order valence-electron chi connectivity index (χ2n) is 6.03. The van der Waals surface area contributed by atoms with Crippen molar-refractivity contribution in [3.8, 4) is 0 Å². The van der Waals surface area contributed by atoms with Gasteiger partial charge in [-0.05, 0) is 38.8 Å². The number of rotatable bonds is 3. The van der Waals surface area contributed by atoms with Crippen LogP contribution in [0.15, 0.2) is 24.3 Å². The van der Waals surface area contributed by atoms with Gasteiger partial charge in [0.15, 0.2) is 0 Å². The third-order valence-electron chi connectivity index (χ3n) is 4.44. The van der Waals surface area contributed by atoms with Crippen LogP contribution in [0.3, 0.4) is 0 Å². The molecule has 1 atom stereocenters. The maximum atomic E-state index is 12.4. The molecule has 116 valence electrons. The summed E-state index contributed by atoms with van der Waals surface area (Å²) in [5, 5.41) is 7.35. The summed E-state index contributed by atoms with van der Waals surface area (Å²) in [6.07, 6.45) is 0.994. The maximum Gasteiger partial charge on any atom is 0.244 e. The highest BCUT2D eigenvalue weighted by atomic mass is 16.2. The Bertz CT molecular complexity index is 719. The van der Waals surface area contributed by atoms with E-state index in [1.165, 1.54) is 11.3 Å². The van der Waals surface area contributed by atoms with Crippen molar-refractivity contribution in [3.05, 3.63) is 41.2 Å². The fraction of sp³-hybridized carbons (Fsp3) is 0.412. The molecule has 3 rings (SSSR count). The predicted molar refractivity (Wildman–Crippen MR) is 88.3 cm³/mol. The van der Waals surface area contributed by atoms with E-state index in [0.29, 0.717) is 12.6 Å². The van der Waals surface area contributed by atoms with Crippen LogP contribution in [0.5, 0.6) is 0 Å². The molecule has 2 aromatic rings. The fourth-order valence-electron chi connectivity index (χ4n) is 3.16. The molecule has 0 fully saturated rings. The molecular formula is C17H22N4O. The highest BCUT2D eigenvalue weighted by Crippen LogP contribution is 2.31. The van der Waals surface area contributed by atoms with Gasteiger partial charge in [0.25, 0.3) is 0 Å². The van der Waals surface area contributed by atoms with Crippen molar-refractivity contribution in [2.75, 3.05) is 16.8 Å². The molecule has 0 radical (unpaired) electrons. The van der Waals surface area contributed by atoms with Gasteiger partial charge in [0, 0.05) is 18.8 Å². The van der Waals surface area contributed by atoms with Crippen molar-refractivity contribution in [3.63, 3.8) is 0 Å². The Morgan fingerprint density at radius 2 is 2.09 bits per heavy atom. The number of carbonyl (C=O) groups excluding carboxylic acids is 1. The first-order valence-corrected chi connectivity index (χ1v) is 7.62. The molecule has 0 aliphatic carbocycles. The molecule has 1 aromatic heterocycles. The van der Waals surface area contributed by atoms with E-state index in [1.54, 1.807) is 4.68 Å². The Morgan fingerprint density at radius 3 is 2.77 bits per heavy atom. The minimum Gasteiger partial charge on any atom is -0.359 e. The van der Waals surface area contributed by atoms with E-state index >= 15 is 0 Å². The maximum absolute atomic E-state index is 12.4. The molecule has 5 heteroatoms. The number of benzene rings is 1. The van der Waals surface area contributed by atoms with E-state index in [4.69, 9.17) is 0 Å². The van der Waals surface area contributed by atoms with Crippen LogP contribution in [-0.2, 0) is 18.3 Å². The second-order valence-corrected chi connectivity index (χ2v) is 6.03. The van der Waals surface area contributed by atoms with Crippen molar-refractivity contribution in [1.29, 1.82) is 0 Å². The quantitative estimate of drug-likeness (QED) is 0.947. The van der Waals surface area contributed by atoms with Crippen molar-refractivity contribution in [2.45, 2.75) is 33.2 Å². The summed E-state index contributed by atoms with van der Waals surface area (Å²) in [6, 6.07) is 8.65. The zero-order valence-corrected chi connectivity index (χ0v) is 13.6. The molecule has 0 bridgehead atoms. The molecule has 22 heavy (non-hydrogen) atoms. The topological polar surface area (TPSA) is 50.2 Å². The highest BCUT2D eigenvalue weighted by Gasteiger charge is 2.27. The Morgan fingerprint density at radius 1 is 1.36 bits per heavy atom. The average Bonchev–Trinajstić information content (AvgIpc) is 2.91. The summed E-state index contributed by atoms with van der Waals surface area (Å²) in [6.45, 7) is 6.40. The van der Waals surface area contributed by atoms with Crippen LogP contribution in [0.2, 0.25) is 0 Å². The van der Waals surface area contributed by atoms with Crippen LogP contribution in [-0.4, -0.2) is 28.3 Å². The summed E-state index contributed by atoms with van der Waals surface area (Å²) < 4.78 is 1.79. The number of carbonyl (C=O) groups is 1. The third kappa shape index (κ3) is 2.47. The molecule has 0 saturated heterocycles. The molecule has 0 spiro atoms. The number of nitrogens with one attached hydrogen (secondary N) is 1. The van der Waals surface area contributed by atoms with Gasteiger partial charge in [-0.2, -0.15) is 5.10 Å². The summed E-state index contributed by atoms with van der Waals surface area (Å²) in [5.74, 6) is 0.00255. The van der Waals surface area contributed by atoms with E-state index in [2.05, 4.69) is 40.4 Å². The molecule has 1 aliphatic rings. The summed E-state index contributed by atoms with van der Waals surface area (Å²) in [4.78, 5) is 14.6.